The van der Waals surface area contributed by atoms with Gasteiger partial charge in [0.2, 0.25) is 0 Å². The van der Waals surface area contributed by atoms with E-state index in [1.54, 1.807) is 18.2 Å². The minimum atomic E-state index is -0.385. The normalized spacial score (nSPS) is 10.5. The highest BCUT2D eigenvalue weighted by Gasteiger charge is 2.11. The first-order valence-corrected chi connectivity index (χ1v) is 4.71. The molecule has 3 nitrogen and oxygen atoms in total. The highest BCUT2D eigenvalue weighted by molar-refractivity contribution is 7.80. The molecule has 76 valence electrons. The number of hydrogen-bond acceptors (Lipinski definition) is 4. The molecule has 0 aliphatic carbocycles. The van der Waals surface area contributed by atoms with Crippen molar-refractivity contribution in [1.82, 2.24) is 0 Å². The van der Waals surface area contributed by atoms with Gasteiger partial charge >= 0.3 is 0 Å². The Balaban J connectivity index is 2.94. The molecule has 2 aromatic carbocycles. The van der Waals surface area contributed by atoms with Crippen LogP contribution >= 0.6 is 12.6 Å². The van der Waals surface area contributed by atoms with Gasteiger partial charge in [-0.1, -0.05) is 6.07 Å². The molecule has 4 heteroatoms. The first-order valence-electron chi connectivity index (χ1n) is 4.26. The van der Waals surface area contributed by atoms with Crippen molar-refractivity contribution in [1.29, 1.82) is 0 Å². The van der Waals surface area contributed by atoms with Crippen molar-refractivity contribution in [3.63, 3.8) is 0 Å². The smallest absolute Gasteiger partial charge is 0.168 e. The number of phenolic OH excluding ortho intramolecular Hbond substituents is 2. The zero-order valence-electron chi connectivity index (χ0n) is 7.64. The maximum absolute atomic E-state index is 10.8. The van der Waals surface area contributed by atoms with E-state index in [-0.39, 0.29) is 17.1 Å². The van der Waals surface area contributed by atoms with E-state index >= 15 is 0 Å². The van der Waals surface area contributed by atoms with Crippen LogP contribution in [-0.2, 0) is 0 Å². The average Bonchev–Trinajstić information content (AvgIpc) is 2.20. The summed E-state index contributed by atoms with van der Waals surface area (Å²) in [7, 11) is 0. The standard InChI is InChI=1S/C11H8O3S/c12-5-9-8-2-1-7(15)3-6(8)4-10(13)11(9)14/h1-5,13-15H. The predicted molar refractivity (Wildman–Crippen MR) is 59.9 cm³/mol. The van der Waals surface area contributed by atoms with E-state index in [9.17, 15) is 15.0 Å². The van der Waals surface area contributed by atoms with Gasteiger partial charge < -0.3 is 10.2 Å². The van der Waals surface area contributed by atoms with Gasteiger partial charge in [0, 0.05) is 4.90 Å². The molecular formula is C11H8O3S. The van der Waals surface area contributed by atoms with Gasteiger partial charge in [0.15, 0.2) is 17.8 Å². The Morgan fingerprint density at radius 3 is 2.60 bits per heavy atom. The van der Waals surface area contributed by atoms with Gasteiger partial charge in [0.1, 0.15) is 0 Å². The second-order valence-electron chi connectivity index (χ2n) is 3.18. The second-order valence-corrected chi connectivity index (χ2v) is 3.70. The van der Waals surface area contributed by atoms with E-state index in [1.165, 1.54) is 6.07 Å². The number of thiol groups is 1. The second kappa shape index (κ2) is 3.47. The Bertz CT molecular complexity index is 549. The molecule has 0 saturated heterocycles. The summed E-state index contributed by atoms with van der Waals surface area (Å²) >= 11 is 4.15. The van der Waals surface area contributed by atoms with Crippen molar-refractivity contribution < 1.29 is 15.0 Å². The number of benzene rings is 2. The summed E-state index contributed by atoms with van der Waals surface area (Å²) in [5.41, 5.74) is 0.0957. The Hall–Kier alpha value is -1.68. The zero-order chi connectivity index (χ0) is 11.0. The largest absolute Gasteiger partial charge is 0.504 e. The van der Waals surface area contributed by atoms with Crippen molar-refractivity contribution in [2.75, 3.05) is 0 Å². The summed E-state index contributed by atoms with van der Waals surface area (Å²) in [6, 6.07) is 6.51. The first kappa shape index (κ1) is 9.86. The van der Waals surface area contributed by atoms with E-state index in [2.05, 4.69) is 12.6 Å². The number of carbonyl (C=O) groups excluding carboxylic acids is 1. The first-order chi connectivity index (χ1) is 7.13. The van der Waals surface area contributed by atoms with E-state index in [0.717, 1.165) is 4.90 Å². The van der Waals surface area contributed by atoms with Crippen LogP contribution in [0.25, 0.3) is 10.8 Å². The number of rotatable bonds is 1. The number of carbonyl (C=O) groups is 1. The molecule has 0 atom stereocenters. The molecule has 0 unspecified atom stereocenters. The lowest BCUT2D eigenvalue weighted by atomic mass is 10.0. The van der Waals surface area contributed by atoms with Crippen molar-refractivity contribution in [3.05, 3.63) is 29.8 Å². The van der Waals surface area contributed by atoms with E-state index in [4.69, 9.17) is 0 Å². The quantitative estimate of drug-likeness (QED) is 0.393. The van der Waals surface area contributed by atoms with E-state index in [0.29, 0.717) is 17.1 Å². The summed E-state index contributed by atoms with van der Waals surface area (Å²) in [6.45, 7) is 0. The zero-order valence-corrected chi connectivity index (χ0v) is 8.53. The Morgan fingerprint density at radius 1 is 1.20 bits per heavy atom. The van der Waals surface area contributed by atoms with Gasteiger partial charge in [-0.25, -0.2) is 0 Å². The minimum absolute atomic E-state index is 0.0957. The van der Waals surface area contributed by atoms with Gasteiger partial charge in [-0.05, 0) is 29.0 Å². The molecule has 0 aliphatic rings. The molecule has 0 amide bonds. The molecule has 0 bridgehead atoms. The summed E-state index contributed by atoms with van der Waals surface area (Å²) in [4.78, 5) is 11.5. The lowest BCUT2D eigenvalue weighted by Crippen LogP contribution is -1.86. The van der Waals surface area contributed by atoms with Crippen LogP contribution < -0.4 is 0 Å². The van der Waals surface area contributed by atoms with Crippen LogP contribution in [0.4, 0.5) is 0 Å². The molecule has 0 saturated carbocycles. The molecule has 2 N–H and O–H groups in total. The van der Waals surface area contributed by atoms with Crippen LogP contribution in [0.1, 0.15) is 10.4 Å². The Morgan fingerprint density at radius 2 is 1.93 bits per heavy atom. The van der Waals surface area contributed by atoms with Gasteiger partial charge in [-0.2, -0.15) is 0 Å². The number of hydrogen-bond donors (Lipinski definition) is 3. The van der Waals surface area contributed by atoms with Gasteiger partial charge in [-0.3, -0.25) is 4.79 Å². The molecule has 0 radical (unpaired) electrons. The topological polar surface area (TPSA) is 57.5 Å². The Labute approximate surface area is 91.4 Å². The van der Waals surface area contributed by atoms with Gasteiger partial charge in [0.25, 0.3) is 0 Å². The van der Waals surface area contributed by atoms with Crippen LogP contribution in [0.3, 0.4) is 0 Å². The fraction of sp³-hybridized carbons (Fsp3) is 0. The fourth-order valence-corrected chi connectivity index (χ4v) is 1.73. The molecule has 2 aromatic rings. The van der Waals surface area contributed by atoms with E-state index < -0.39 is 0 Å². The van der Waals surface area contributed by atoms with Crippen LogP contribution in [0.2, 0.25) is 0 Å². The maximum Gasteiger partial charge on any atom is 0.168 e. The van der Waals surface area contributed by atoms with Crippen molar-refractivity contribution in [2.45, 2.75) is 4.90 Å². The molecule has 0 aromatic heterocycles. The minimum Gasteiger partial charge on any atom is -0.504 e. The summed E-state index contributed by atoms with van der Waals surface area (Å²) in [6.07, 6.45) is 0.523. The molecule has 0 fully saturated rings. The van der Waals surface area contributed by atoms with Gasteiger partial charge in [0.05, 0.1) is 5.56 Å². The SMILES string of the molecule is O=Cc1c(O)c(O)cc2cc(S)ccc12. The Kier molecular flexibility index (Phi) is 2.28. The van der Waals surface area contributed by atoms with E-state index in [1.807, 2.05) is 0 Å². The van der Waals surface area contributed by atoms with Crippen LogP contribution in [-0.4, -0.2) is 16.5 Å². The number of phenols is 2. The summed E-state index contributed by atoms with van der Waals surface area (Å²) < 4.78 is 0. The molecule has 2 rings (SSSR count). The lowest BCUT2D eigenvalue weighted by molar-refractivity contribution is 0.112. The summed E-state index contributed by atoms with van der Waals surface area (Å²) in [5, 5.41) is 20.1. The third kappa shape index (κ3) is 1.53. The van der Waals surface area contributed by atoms with Crippen LogP contribution in [0.15, 0.2) is 29.2 Å². The number of fused-ring (bicyclic) bond motifs is 1. The number of aromatic hydroxyl groups is 2. The summed E-state index contributed by atoms with van der Waals surface area (Å²) in [5.74, 6) is -0.687. The fourth-order valence-electron chi connectivity index (χ4n) is 1.52. The predicted octanol–water partition coefficient (Wildman–Crippen LogP) is 2.35. The van der Waals surface area contributed by atoms with Crippen molar-refractivity contribution >= 4 is 29.7 Å². The number of aldehydes is 1. The highest BCUT2D eigenvalue weighted by Crippen LogP contribution is 2.35. The molecular weight excluding hydrogens is 212 g/mol. The lowest BCUT2D eigenvalue weighted by Gasteiger charge is -2.06. The third-order valence-electron chi connectivity index (χ3n) is 2.23. The van der Waals surface area contributed by atoms with Crippen LogP contribution in [0.5, 0.6) is 11.5 Å². The molecule has 0 heterocycles. The molecule has 15 heavy (non-hydrogen) atoms. The van der Waals surface area contributed by atoms with Crippen molar-refractivity contribution in [2.24, 2.45) is 0 Å². The molecule has 0 spiro atoms. The van der Waals surface area contributed by atoms with Gasteiger partial charge in [-0.15, -0.1) is 12.6 Å². The maximum atomic E-state index is 10.8. The average molecular weight is 220 g/mol. The molecule has 0 aliphatic heterocycles. The monoisotopic (exact) mass is 220 g/mol. The third-order valence-corrected chi connectivity index (χ3v) is 2.51. The highest BCUT2D eigenvalue weighted by atomic mass is 32.1. The van der Waals surface area contributed by atoms with Crippen molar-refractivity contribution in [3.8, 4) is 11.5 Å². The van der Waals surface area contributed by atoms with Crippen LogP contribution in [0, 0.1) is 0 Å².